The minimum atomic E-state index is -0.0759. The zero-order valence-electron chi connectivity index (χ0n) is 12.6. The highest BCUT2D eigenvalue weighted by Gasteiger charge is 2.12. The number of aryl methyl sites for hydroxylation is 1. The molecule has 21 heavy (non-hydrogen) atoms. The number of hydrogen-bond donors (Lipinski definition) is 0. The van der Waals surface area contributed by atoms with Crippen LogP contribution in [0.5, 0.6) is 5.75 Å². The van der Waals surface area contributed by atoms with Crippen LogP contribution in [0.25, 0.3) is 10.8 Å². The fourth-order valence-corrected chi connectivity index (χ4v) is 2.28. The van der Waals surface area contributed by atoms with E-state index in [4.69, 9.17) is 4.74 Å². The molecule has 1 heterocycles. The van der Waals surface area contributed by atoms with Gasteiger partial charge in [0.05, 0.1) is 5.39 Å². The van der Waals surface area contributed by atoms with Gasteiger partial charge in [-0.25, -0.2) is 0 Å². The molecule has 2 rings (SSSR count). The SMILES string of the molecule is CCN(CC)C(=O)COc1cccc2c(=O)n(C)ccc12. The van der Waals surface area contributed by atoms with E-state index in [0.717, 1.165) is 5.39 Å². The number of fused-ring (bicyclic) bond motifs is 1. The topological polar surface area (TPSA) is 51.5 Å². The molecule has 0 N–H and O–H groups in total. The van der Waals surface area contributed by atoms with Crippen LogP contribution in [-0.2, 0) is 11.8 Å². The van der Waals surface area contributed by atoms with E-state index >= 15 is 0 Å². The second-order valence-electron chi connectivity index (χ2n) is 4.80. The Labute approximate surface area is 123 Å². The summed E-state index contributed by atoms with van der Waals surface area (Å²) in [4.78, 5) is 25.7. The Morgan fingerprint density at radius 2 is 1.90 bits per heavy atom. The number of pyridine rings is 1. The predicted molar refractivity (Wildman–Crippen MR) is 82.6 cm³/mol. The van der Waals surface area contributed by atoms with Crippen molar-refractivity contribution in [1.82, 2.24) is 9.47 Å². The van der Waals surface area contributed by atoms with Crippen molar-refractivity contribution in [3.8, 4) is 5.75 Å². The molecule has 112 valence electrons. The maximum atomic E-state index is 12.1. The average molecular weight is 288 g/mol. The molecule has 0 unspecified atom stereocenters. The zero-order valence-corrected chi connectivity index (χ0v) is 12.6. The third kappa shape index (κ3) is 3.07. The van der Waals surface area contributed by atoms with Crippen molar-refractivity contribution in [2.24, 2.45) is 7.05 Å². The number of ether oxygens (including phenoxy) is 1. The molecule has 1 aromatic carbocycles. The van der Waals surface area contributed by atoms with Crippen LogP contribution in [0, 0.1) is 0 Å². The number of carbonyl (C=O) groups excluding carboxylic acids is 1. The van der Waals surface area contributed by atoms with Crippen molar-refractivity contribution in [1.29, 1.82) is 0 Å². The molecule has 5 heteroatoms. The van der Waals surface area contributed by atoms with Crippen molar-refractivity contribution in [2.75, 3.05) is 19.7 Å². The Kier molecular flexibility index (Phi) is 4.62. The van der Waals surface area contributed by atoms with E-state index in [1.165, 1.54) is 4.57 Å². The van der Waals surface area contributed by atoms with Gasteiger partial charge in [0.25, 0.3) is 11.5 Å². The van der Waals surface area contributed by atoms with Crippen LogP contribution in [0.2, 0.25) is 0 Å². The number of benzene rings is 1. The Balaban J connectivity index is 2.26. The first kappa shape index (κ1) is 15.1. The summed E-state index contributed by atoms with van der Waals surface area (Å²) in [6, 6.07) is 7.13. The monoisotopic (exact) mass is 288 g/mol. The van der Waals surface area contributed by atoms with E-state index in [9.17, 15) is 9.59 Å². The summed E-state index contributed by atoms with van der Waals surface area (Å²) in [6.07, 6.45) is 1.70. The highest BCUT2D eigenvalue weighted by molar-refractivity contribution is 5.88. The van der Waals surface area contributed by atoms with E-state index in [1.807, 2.05) is 19.9 Å². The molecule has 0 aliphatic heterocycles. The Hall–Kier alpha value is -2.30. The lowest BCUT2D eigenvalue weighted by Crippen LogP contribution is -2.34. The Morgan fingerprint density at radius 3 is 2.57 bits per heavy atom. The van der Waals surface area contributed by atoms with E-state index in [-0.39, 0.29) is 18.1 Å². The second-order valence-corrected chi connectivity index (χ2v) is 4.80. The number of carbonyl (C=O) groups is 1. The molecule has 0 aliphatic carbocycles. The number of likely N-dealkylation sites (N-methyl/N-ethyl adjacent to an activating group) is 1. The van der Waals surface area contributed by atoms with Crippen LogP contribution in [0.3, 0.4) is 0 Å². The molecule has 0 saturated carbocycles. The lowest BCUT2D eigenvalue weighted by Gasteiger charge is -2.19. The molecule has 2 aromatic rings. The molecule has 0 atom stereocenters. The summed E-state index contributed by atoms with van der Waals surface area (Å²) in [6.45, 7) is 5.17. The van der Waals surface area contributed by atoms with Gasteiger partial charge in [-0.15, -0.1) is 0 Å². The van der Waals surface area contributed by atoms with Crippen LogP contribution in [0.4, 0.5) is 0 Å². The fourth-order valence-electron chi connectivity index (χ4n) is 2.28. The van der Waals surface area contributed by atoms with Crippen LogP contribution < -0.4 is 10.3 Å². The first-order chi connectivity index (χ1) is 10.1. The van der Waals surface area contributed by atoms with Gasteiger partial charge in [0.1, 0.15) is 5.75 Å². The summed E-state index contributed by atoms with van der Waals surface area (Å²) in [5.74, 6) is 0.506. The lowest BCUT2D eigenvalue weighted by atomic mass is 10.1. The van der Waals surface area contributed by atoms with Gasteiger partial charge < -0.3 is 14.2 Å². The molecule has 0 spiro atoms. The number of aromatic nitrogens is 1. The van der Waals surface area contributed by atoms with Crippen LogP contribution in [0.15, 0.2) is 35.3 Å². The van der Waals surface area contributed by atoms with Gasteiger partial charge in [0, 0.05) is 31.7 Å². The molecule has 0 fully saturated rings. The van der Waals surface area contributed by atoms with Crippen molar-refractivity contribution >= 4 is 16.7 Å². The zero-order chi connectivity index (χ0) is 15.4. The molecule has 1 aromatic heterocycles. The summed E-state index contributed by atoms with van der Waals surface area (Å²) in [7, 11) is 1.71. The quantitative estimate of drug-likeness (QED) is 0.843. The molecule has 0 aliphatic rings. The standard InChI is InChI=1S/C16H20N2O3/c1-4-18(5-2)15(19)11-21-14-8-6-7-13-12(14)9-10-17(3)16(13)20/h6-10H,4-5,11H2,1-3H3. The van der Waals surface area contributed by atoms with Gasteiger partial charge in [-0.1, -0.05) is 6.07 Å². The highest BCUT2D eigenvalue weighted by Crippen LogP contribution is 2.22. The Morgan fingerprint density at radius 1 is 1.19 bits per heavy atom. The number of nitrogens with zero attached hydrogens (tertiary/aromatic N) is 2. The summed E-state index contributed by atoms with van der Waals surface area (Å²) >= 11 is 0. The van der Waals surface area contributed by atoms with E-state index in [2.05, 4.69) is 0 Å². The molecular weight excluding hydrogens is 268 g/mol. The number of hydrogen-bond acceptors (Lipinski definition) is 3. The summed E-state index contributed by atoms with van der Waals surface area (Å²) < 4.78 is 7.14. The highest BCUT2D eigenvalue weighted by atomic mass is 16.5. The van der Waals surface area contributed by atoms with E-state index in [1.54, 1.807) is 36.3 Å². The van der Waals surface area contributed by atoms with Gasteiger partial charge in [0.2, 0.25) is 0 Å². The van der Waals surface area contributed by atoms with Gasteiger partial charge in [0.15, 0.2) is 6.61 Å². The van der Waals surface area contributed by atoms with E-state index < -0.39 is 0 Å². The average Bonchev–Trinajstić information content (AvgIpc) is 2.50. The maximum absolute atomic E-state index is 12.1. The third-order valence-corrected chi connectivity index (χ3v) is 3.55. The molecule has 0 radical (unpaired) electrons. The number of amides is 1. The largest absolute Gasteiger partial charge is 0.483 e. The minimum absolute atomic E-state index is 0.0179. The maximum Gasteiger partial charge on any atom is 0.260 e. The van der Waals surface area contributed by atoms with Crippen molar-refractivity contribution < 1.29 is 9.53 Å². The molecular formula is C16H20N2O3. The van der Waals surface area contributed by atoms with Gasteiger partial charge in [-0.3, -0.25) is 9.59 Å². The molecule has 1 amide bonds. The lowest BCUT2D eigenvalue weighted by molar-refractivity contribution is -0.132. The second kappa shape index (κ2) is 6.43. The van der Waals surface area contributed by atoms with Crippen LogP contribution in [0.1, 0.15) is 13.8 Å². The van der Waals surface area contributed by atoms with Crippen LogP contribution >= 0.6 is 0 Å². The normalized spacial score (nSPS) is 10.6. The van der Waals surface area contributed by atoms with Crippen LogP contribution in [-0.4, -0.2) is 35.1 Å². The molecule has 0 bridgehead atoms. The third-order valence-electron chi connectivity index (χ3n) is 3.55. The summed E-state index contributed by atoms with van der Waals surface area (Å²) in [5.41, 5.74) is -0.0759. The Bertz CT molecular complexity index is 702. The van der Waals surface area contributed by atoms with Crippen molar-refractivity contribution in [2.45, 2.75) is 13.8 Å². The predicted octanol–water partition coefficient (Wildman–Crippen LogP) is 1.79. The molecule has 0 saturated heterocycles. The summed E-state index contributed by atoms with van der Waals surface area (Å²) in [5, 5.41) is 1.32. The van der Waals surface area contributed by atoms with Crippen molar-refractivity contribution in [3.05, 3.63) is 40.8 Å². The fraction of sp³-hybridized carbons (Fsp3) is 0.375. The van der Waals surface area contributed by atoms with Gasteiger partial charge in [-0.2, -0.15) is 0 Å². The van der Waals surface area contributed by atoms with Gasteiger partial charge >= 0.3 is 0 Å². The first-order valence-corrected chi connectivity index (χ1v) is 7.07. The first-order valence-electron chi connectivity index (χ1n) is 7.07. The smallest absolute Gasteiger partial charge is 0.260 e. The van der Waals surface area contributed by atoms with Crippen molar-refractivity contribution in [3.63, 3.8) is 0 Å². The minimum Gasteiger partial charge on any atom is -0.483 e. The number of rotatable bonds is 5. The van der Waals surface area contributed by atoms with Gasteiger partial charge in [-0.05, 0) is 32.0 Å². The molecule has 5 nitrogen and oxygen atoms in total. The van der Waals surface area contributed by atoms with E-state index in [0.29, 0.717) is 24.2 Å².